The van der Waals surface area contributed by atoms with Crippen molar-refractivity contribution in [2.24, 2.45) is 0 Å². The number of rotatable bonds is 3. The molecule has 0 aliphatic heterocycles. The molecule has 1 aromatic heterocycles. The minimum Gasteiger partial charge on any atom is -0.339 e. The first-order chi connectivity index (χ1) is 13.0. The summed E-state index contributed by atoms with van der Waals surface area (Å²) in [5.41, 5.74) is 1.54. The molecular formula is C20H11F3IN3. The van der Waals surface area contributed by atoms with E-state index in [9.17, 15) is 13.2 Å². The molecule has 0 atom stereocenters. The maximum Gasteiger partial charge on any atom is 0.194 e. The average molecular weight is 477 g/mol. The number of aromatic nitrogens is 2. The molecule has 0 saturated carbocycles. The number of nitrogens with zero attached hydrogens (tertiary/aromatic N) is 2. The van der Waals surface area contributed by atoms with Crippen LogP contribution in [-0.4, -0.2) is 9.97 Å². The zero-order valence-electron chi connectivity index (χ0n) is 13.7. The number of halogens is 4. The molecule has 0 bridgehead atoms. The quantitative estimate of drug-likeness (QED) is 0.288. The second kappa shape index (κ2) is 7.15. The predicted octanol–water partition coefficient (Wildman–Crippen LogP) is 6.06. The van der Waals surface area contributed by atoms with Crippen LogP contribution < -0.4 is 5.32 Å². The number of benzene rings is 3. The van der Waals surface area contributed by atoms with Gasteiger partial charge in [0.05, 0.1) is 5.52 Å². The van der Waals surface area contributed by atoms with E-state index in [1.165, 1.54) is 0 Å². The van der Waals surface area contributed by atoms with Gasteiger partial charge in [0.1, 0.15) is 5.82 Å². The molecule has 134 valence electrons. The van der Waals surface area contributed by atoms with Crippen LogP contribution in [0.15, 0.2) is 60.7 Å². The summed E-state index contributed by atoms with van der Waals surface area (Å²) >= 11 is 2.21. The Morgan fingerprint density at radius 1 is 0.815 bits per heavy atom. The van der Waals surface area contributed by atoms with Crippen molar-refractivity contribution in [1.29, 1.82) is 0 Å². The summed E-state index contributed by atoms with van der Waals surface area (Å²) in [6, 6.07) is 16.7. The van der Waals surface area contributed by atoms with Gasteiger partial charge in [0, 0.05) is 32.3 Å². The van der Waals surface area contributed by atoms with Gasteiger partial charge >= 0.3 is 0 Å². The minimum atomic E-state index is -1.51. The Bertz CT molecular complexity index is 1120. The molecule has 3 nitrogen and oxygen atoms in total. The summed E-state index contributed by atoms with van der Waals surface area (Å²) in [5.74, 6) is -3.20. The van der Waals surface area contributed by atoms with Crippen LogP contribution in [-0.2, 0) is 0 Å². The van der Waals surface area contributed by atoms with Crippen LogP contribution in [0.4, 0.5) is 24.7 Å². The van der Waals surface area contributed by atoms with Gasteiger partial charge < -0.3 is 5.32 Å². The maximum atomic E-state index is 13.6. The van der Waals surface area contributed by atoms with E-state index in [4.69, 9.17) is 0 Å². The maximum absolute atomic E-state index is 13.6. The van der Waals surface area contributed by atoms with Crippen molar-refractivity contribution >= 4 is 45.0 Å². The fourth-order valence-corrected chi connectivity index (χ4v) is 3.02. The lowest BCUT2D eigenvalue weighted by molar-refractivity contribution is 0.448. The molecule has 0 fully saturated rings. The number of hydrogen-bond donors (Lipinski definition) is 1. The summed E-state index contributed by atoms with van der Waals surface area (Å²) in [4.78, 5) is 9.08. The fraction of sp³-hybridized carbons (Fsp3) is 0. The molecule has 0 saturated heterocycles. The van der Waals surface area contributed by atoms with Crippen molar-refractivity contribution in [1.82, 2.24) is 9.97 Å². The molecule has 0 aliphatic carbocycles. The zero-order valence-corrected chi connectivity index (χ0v) is 15.8. The molecule has 4 rings (SSSR count). The number of fused-ring (bicyclic) bond motifs is 1. The van der Waals surface area contributed by atoms with Crippen LogP contribution >= 0.6 is 22.6 Å². The monoisotopic (exact) mass is 477 g/mol. The van der Waals surface area contributed by atoms with Crippen molar-refractivity contribution < 1.29 is 13.2 Å². The highest BCUT2D eigenvalue weighted by atomic mass is 127. The van der Waals surface area contributed by atoms with Crippen molar-refractivity contribution in [3.63, 3.8) is 0 Å². The Morgan fingerprint density at radius 2 is 1.48 bits per heavy atom. The third-order valence-electron chi connectivity index (χ3n) is 3.95. The summed E-state index contributed by atoms with van der Waals surface area (Å²) < 4.78 is 41.4. The molecule has 1 heterocycles. The first-order valence-electron chi connectivity index (χ1n) is 7.95. The first-order valence-corrected chi connectivity index (χ1v) is 9.03. The van der Waals surface area contributed by atoms with Crippen molar-refractivity contribution in [2.45, 2.75) is 0 Å². The van der Waals surface area contributed by atoms with Crippen LogP contribution in [0.3, 0.4) is 0 Å². The van der Waals surface area contributed by atoms with E-state index >= 15 is 0 Å². The number of para-hydroxylation sites is 1. The summed E-state index contributed by atoms with van der Waals surface area (Å²) in [7, 11) is 0. The molecule has 7 heteroatoms. The molecule has 0 radical (unpaired) electrons. The van der Waals surface area contributed by atoms with Crippen molar-refractivity contribution in [3.8, 4) is 11.4 Å². The Morgan fingerprint density at radius 3 is 2.19 bits per heavy atom. The minimum absolute atomic E-state index is 0.0591. The third-order valence-corrected chi connectivity index (χ3v) is 4.67. The second-order valence-electron chi connectivity index (χ2n) is 5.80. The van der Waals surface area contributed by atoms with E-state index in [1.807, 2.05) is 42.5 Å². The van der Waals surface area contributed by atoms with Crippen LogP contribution in [0, 0.1) is 21.0 Å². The molecule has 1 N–H and O–H groups in total. The van der Waals surface area contributed by atoms with Crippen LogP contribution in [0.2, 0.25) is 0 Å². The normalized spacial score (nSPS) is 11.0. The van der Waals surface area contributed by atoms with Gasteiger partial charge in [0.15, 0.2) is 23.3 Å². The second-order valence-corrected chi connectivity index (χ2v) is 7.04. The highest BCUT2D eigenvalue weighted by Gasteiger charge is 2.13. The highest BCUT2D eigenvalue weighted by molar-refractivity contribution is 14.1. The van der Waals surface area contributed by atoms with Gasteiger partial charge in [-0.15, -0.1) is 0 Å². The van der Waals surface area contributed by atoms with E-state index in [2.05, 4.69) is 37.9 Å². The van der Waals surface area contributed by atoms with Crippen LogP contribution in [0.25, 0.3) is 22.3 Å². The van der Waals surface area contributed by atoms with Gasteiger partial charge in [-0.05, 0) is 46.9 Å². The van der Waals surface area contributed by atoms with Gasteiger partial charge in [-0.25, -0.2) is 23.1 Å². The van der Waals surface area contributed by atoms with Gasteiger partial charge in [-0.3, -0.25) is 0 Å². The van der Waals surface area contributed by atoms with Crippen molar-refractivity contribution in [2.75, 3.05) is 5.32 Å². The Balaban J connectivity index is 1.85. The molecule has 0 amide bonds. The topological polar surface area (TPSA) is 37.8 Å². The highest BCUT2D eigenvalue weighted by Crippen LogP contribution is 2.28. The molecule has 3 aromatic carbocycles. The van der Waals surface area contributed by atoms with Crippen molar-refractivity contribution in [3.05, 3.63) is 81.7 Å². The lowest BCUT2D eigenvalue weighted by Crippen LogP contribution is -2.01. The van der Waals surface area contributed by atoms with Gasteiger partial charge in [0.2, 0.25) is 0 Å². The fourth-order valence-electron chi connectivity index (χ4n) is 2.66. The standard InChI is InChI=1S/C20H11F3IN3/c21-15-9-13(10-16(22)18(15)23)25-20-14-3-1-2-4-17(14)26-19(27-20)11-5-7-12(24)8-6-11/h1-10H,(H,25,26,27). The largest absolute Gasteiger partial charge is 0.339 e. The summed E-state index contributed by atoms with van der Waals surface area (Å²) in [6.07, 6.45) is 0. The Labute approximate surface area is 166 Å². The molecule has 4 aromatic rings. The molecule has 0 unspecified atom stereocenters. The Kier molecular flexibility index (Phi) is 4.69. The molecular weight excluding hydrogens is 466 g/mol. The lowest BCUT2D eigenvalue weighted by Gasteiger charge is -2.12. The molecule has 27 heavy (non-hydrogen) atoms. The SMILES string of the molecule is Fc1cc(Nc2nc(-c3ccc(I)cc3)nc3ccccc23)cc(F)c1F. The molecule has 0 aliphatic rings. The zero-order chi connectivity index (χ0) is 19.0. The van der Waals surface area contributed by atoms with Gasteiger partial charge in [0.25, 0.3) is 0 Å². The molecule has 0 spiro atoms. The average Bonchev–Trinajstić information content (AvgIpc) is 2.66. The van der Waals surface area contributed by atoms with Crippen LogP contribution in [0.5, 0.6) is 0 Å². The number of anilines is 2. The van der Waals surface area contributed by atoms with E-state index < -0.39 is 17.5 Å². The van der Waals surface area contributed by atoms with E-state index in [0.29, 0.717) is 22.5 Å². The summed E-state index contributed by atoms with van der Waals surface area (Å²) in [5, 5.41) is 3.56. The number of hydrogen-bond acceptors (Lipinski definition) is 3. The Hall–Kier alpha value is -2.68. The number of nitrogens with one attached hydrogen (secondary N) is 1. The summed E-state index contributed by atoms with van der Waals surface area (Å²) in [6.45, 7) is 0. The third kappa shape index (κ3) is 3.59. The lowest BCUT2D eigenvalue weighted by atomic mass is 10.2. The van der Waals surface area contributed by atoms with E-state index in [1.54, 1.807) is 6.07 Å². The van der Waals surface area contributed by atoms with Gasteiger partial charge in [-0.1, -0.05) is 24.3 Å². The smallest absolute Gasteiger partial charge is 0.194 e. The predicted molar refractivity (Wildman–Crippen MR) is 107 cm³/mol. The van der Waals surface area contributed by atoms with Gasteiger partial charge in [-0.2, -0.15) is 0 Å². The first kappa shape index (κ1) is 17.7. The van der Waals surface area contributed by atoms with E-state index in [-0.39, 0.29) is 5.69 Å². The van der Waals surface area contributed by atoms with Crippen LogP contribution in [0.1, 0.15) is 0 Å². The van der Waals surface area contributed by atoms with E-state index in [0.717, 1.165) is 21.3 Å².